The summed E-state index contributed by atoms with van der Waals surface area (Å²) in [5.74, 6) is 0.822. The molecule has 0 spiro atoms. The van der Waals surface area contributed by atoms with Gasteiger partial charge in [-0.2, -0.15) is 0 Å². The predicted octanol–water partition coefficient (Wildman–Crippen LogP) is 4.08. The van der Waals surface area contributed by atoms with Crippen molar-refractivity contribution >= 4 is 12.0 Å². The second kappa shape index (κ2) is 6.00. The van der Waals surface area contributed by atoms with E-state index in [4.69, 9.17) is 10.5 Å². The quantitative estimate of drug-likeness (QED) is 0.926. The number of carbonyl (C=O) groups is 1. The highest BCUT2D eigenvalue weighted by atomic mass is 16.5. The summed E-state index contributed by atoms with van der Waals surface area (Å²) in [6.45, 7) is 5.82. The molecule has 0 aliphatic carbocycles. The summed E-state index contributed by atoms with van der Waals surface area (Å²) in [4.78, 5) is 12.1. The maximum absolute atomic E-state index is 12.1. The smallest absolute Gasteiger partial charge is 0.249 e. The third-order valence-corrected chi connectivity index (χ3v) is 4.58. The number of hydrogen-bond acceptors (Lipinski definition) is 2. The molecular formula is C21H21NO2. The zero-order valence-corrected chi connectivity index (χ0v) is 14.2. The standard InChI is InChI=1S/C21H21NO2/c1-14-9-11-16(12-10-14)13-18-21(3,17-7-5-4-6-8-17)19(20(22)23)15(2)24-18/h4-13H,1-3H3,(H2,22,23)/b18-13-. The Morgan fingerprint density at radius 2 is 1.67 bits per heavy atom. The van der Waals surface area contributed by atoms with Gasteiger partial charge in [0.05, 0.1) is 11.0 Å². The molecule has 2 aromatic rings. The molecule has 0 saturated heterocycles. The van der Waals surface area contributed by atoms with Crippen molar-refractivity contribution < 1.29 is 9.53 Å². The number of allylic oxidation sites excluding steroid dienone is 2. The van der Waals surface area contributed by atoms with Crippen molar-refractivity contribution in [3.05, 3.63) is 88.4 Å². The number of primary amides is 1. The summed E-state index contributed by atoms with van der Waals surface area (Å²) in [5.41, 5.74) is 8.69. The van der Waals surface area contributed by atoms with E-state index in [9.17, 15) is 4.79 Å². The average molecular weight is 319 g/mol. The van der Waals surface area contributed by atoms with Crippen LogP contribution < -0.4 is 5.73 Å². The number of hydrogen-bond donors (Lipinski definition) is 1. The molecule has 0 saturated carbocycles. The van der Waals surface area contributed by atoms with Crippen LogP contribution in [0.2, 0.25) is 0 Å². The van der Waals surface area contributed by atoms with Crippen molar-refractivity contribution in [3.8, 4) is 0 Å². The van der Waals surface area contributed by atoms with Crippen LogP contribution in [-0.2, 0) is 14.9 Å². The molecule has 1 aliphatic rings. The van der Waals surface area contributed by atoms with Gasteiger partial charge >= 0.3 is 0 Å². The van der Waals surface area contributed by atoms with Gasteiger partial charge in [0, 0.05) is 0 Å². The average Bonchev–Trinajstić information content (AvgIpc) is 2.82. The molecule has 1 amide bonds. The first kappa shape index (κ1) is 16.1. The zero-order chi connectivity index (χ0) is 17.3. The molecule has 1 aliphatic heterocycles. The second-order valence-corrected chi connectivity index (χ2v) is 6.31. The van der Waals surface area contributed by atoms with E-state index in [1.807, 2.05) is 62.4 Å². The number of nitrogens with two attached hydrogens (primary N) is 1. The minimum Gasteiger partial charge on any atom is -0.465 e. The lowest BCUT2D eigenvalue weighted by Crippen LogP contribution is -2.32. The fourth-order valence-corrected chi connectivity index (χ4v) is 3.26. The molecule has 3 rings (SSSR count). The number of rotatable bonds is 3. The van der Waals surface area contributed by atoms with E-state index < -0.39 is 11.3 Å². The van der Waals surface area contributed by atoms with Crippen LogP contribution in [0, 0.1) is 6.92 Å². The summed E-state index contributed by atoms with van der Waals surface area (Å²) in [7, 11) is 0. The van der Waals surface area contributed by atoms with E-state index in [1.165, 1.54) is 5.56 Å². The molecule has 3 nitrogen and oxygen atoms in total. The van der Waals surface area contributed by atoms with E-state index in [1.54, 1.807) is 6.92 Å². The van der Waals surface area contributed by atoms with Gasteiger partial charge in [0.2, 0.25) is 5.91 Å². The zero-order valence-electron chi connectivity index (χ0n) is 14.2. The molecule has 0 aromatic heterocycles. The van der Waals surface area contributed by atoms with Crippen LogP contribution in [0.1, 0.15) is 30.5 Å². The van der Waals surface area contributed by atoms with Gasteiger partial charge in [-0.15, -0.1) is 0 Å². The van der Waals surface area contributed by atoms with Gasteiger partial charge in [-0.1, -0.05) is 60.2 Å². The third kappa shape index (κ3) is 2.62. The molecule has 1 unspecified atom stereocenters. The van der Waals surface area contributed by atoms with Gasteiger partial charge in [-0.05, 0) is 38.0 Å². The monoisotopic (exact) mass is 319 g/mol. The van der Waals surface area contributed by atoms with E-state index in [0.717, 1.165) is 11.1 Å². The van der Waals surface area contributed by atoms with Crippen LogP contribution in [0.3, 0.4) is 0 Å². The Labute approximate surface area is 142 Å². The van der Waals surface area contributed by atoms with Crippen LogP contribution in [-0.4, -0.2) is 5.91 Å². The fraction of sp³-hybridized carbons (Fsp3) is 0.190. The van der Waals surface area contributed by atoms with Crippen molar-refractivity contribution in [2.24, 2.45) is 5.73 Å². The minimum atomic E-state index is -0.692. The van der Waals surface area contributed by atoms with E-state index in [-0.39, 0.29) is 0 Å². The summed E-state index contributed by atoms with van der Waals surface area (Å²) < 4.78 is 5.98. The number of amides is 1. The molecule has 0 bridgehead atoms. The van der Waals surface area contributed by atoms with Crippen LogP contribution in [0.25, 0.3) is 6.08 Å². The highest BCUT2D eigenvalue weighted by Crippen LogP contribution is 2.47. The number of carbonyl (C=O) groups excluding carboxylic acids is 1. The van der Waals surface area contributed by atoms with Gasteiger partial charge in [-0.25, -0.2) is 0 Å². The first-order valence-electron chi connectivity index (χ1n) is 7.96. The van der Waals surface area contributed by atoms with Crippen molar-refractivity contribution in [2.75, 3.05) is 0 Å². The van der Waals surface area contributed by atoms with Crippen molar-refractivity contribution in [1.82, 2.24) is 0 Å². The summed E-state index contributed by atoms with van der Waals surface area (Å²) >= 11 is 0. The molecule has 0 radical (unpaired) electrons. The van der Waals surface area contributed by atoms with E-state index in [0.29, 0.717) is 17.1 Å². The topological polar surface area (TPSA) is 52.3 Å². The van der Waals surface area contributed by atoms with Gasteiger partial charge in [0.15, 0.2) is 0 Å². The molecule has 3 heteroatoms. The largest absolute Gasteiger partial charge is 0.465 e. The molecule has 24 heavy (non-hydrogen) atoms. The lowest BCUT2D eigenvalue weighted by Gasteiger charge is -2.26. The highest BCUT2D eigenvalue weighted by Gasteiger charge is 2.46. The second-order valence-electron chi connectivity index (χ2n) is 6.31. The van der Waals surface area contributed by atoms with Crippen molar-refractivity contribution in [1.29, 1.82) is 0 Å². The van der Waals surface area contributed by atoms with Crippen molar-refractivity contribution in [3.63, 3.8) is 0 Å². The van der Waals surface area contributed by atoms with Crippen LogP contribution >= 0.6 is 0 Å². The third-order valence-electron chi connectivity index (χ3n) is 4.58. The van der Waals surface area contributed by atoms with E-state index in [2.05, 4.69) is 12.1 Å². The van der Waals surface area contributed by atoms with Crippen LogP contribution in [0.15, 0.2) is 71.7 Å². The Balaban J connectivity index is 2.17. The molecule has 2 N–H and O–H groups in total. The Kier molecular flexibility index (Phi) is 4.02. The van der Waals surface area contributed by atoms with Gasteiger partial charge in [0.25, 0.3) is 0 Å². The Morgan fingerprint density at radius 3 is 2.25 bits per heavy atom. The van der Waals surface area contributed by atoms with Gasteiger partial charge < -0.3 is 10.5 Å². The van der Waals surface area contributed by atoms with Crippen LogP contribution in [0.5, 0.6) is 0 Å². The Hall–Kier alpha value is -2.81. The SMILES string of the molecule is CC1=C(C(N)=O)C(C)(c2ccccc2)/C(=C/c2ccc(C)cc2)O1. The van der Waals surface area contributed by atoms with E-state index >= 15 is 0 Å². The van der Waals surface area contributed by atoms with Crippen molar-refractivity contribution in [2.45, 2.75) is 26.2 Å². The molecule has 1 heterocycles. The Bertz CT molecular complexity index is 832. The number of ether oxygens (including phenoxy) is 1. The maximum Gasteiger partial charge on any atom is 0.249 e. The maximum atomic E-state index is 12.1. The highest BCUT2D eigenvalue weighted by molar-refractivity contribution is 5.97. The fourth-order valence-electron chi connectivity index (χ4n) is 3.26. The summed E-state index contributed by atoms with van der Waals surface area (Å²) in [6.07, 6.45) is 1.98. The molecule has 1 atom stereocenters. The molecule has 122 valence electrons. The van der Waals surface area contributed by atoms with Crippen LogP contribution in [0.4, 0.5) is 0 Å². The normalized spacial score (nSPS) is 21.9. The lowest BCUT2D eigenvalue weighted by atomic mass is 9.74. The van der Waals surface area contributed by atoms with Gasteiger partial charge in [0.1, 0.15) is 11.5 Å². The predicted molar refractivity (Wildman–Crippen MR) is 95.9 cm³/mol. The van der Waals surface area contributed by atoms with Gasteiger partial charge in [-0.3, -0.25) is 4.79 Å². The number of aryl methyl sites for hydroxylation is 1. The first-order valence-corrected chi connectivity index (χ1v) is 7.96. The summed E-state index contributed by atoms with van der Waals surface area (Å²) in [6, 6.07) is 18.0. The lowest BCUT2D eigenvalue weighted by molar-refractivity contribution is -0.115. The molecule has 0 fully saturated rings. The molecule has 2 aromatic carbocycles. The minimum absolute atomic E-state index is 0.453. The summed E-state index contributed by atoms with van der Waals surface area (Å²) in [5, 5.41) is 0. The number of benzene rings is 2. The Morgan fingerprint density at radius 1 is 1.04 bits per heavy atom. The first-order chi connectivity index (χ1) is 11.4. The molecular weight excluding hydrogens is 298 g/mol.